The summed E-state index contributed by atoms with van der Waals surface area (Å²) >= 11 is 0. The average molecular weight is 478 g/mol. The molecule has 0 bridgehead atoms. The molecule has 0 radical (unpaired) electrons. The number of methoxy groups -OCH3 is 3. The number of aromatic nitrogens is 3. The first kappa shape index (κ1) is 23.7. The number of aryl methyl sites for hydroxylation is 1. The number of hydrogen-bond donors (Lipinski definition) is 0. The Kier molecular flexibility index (Phi) is 7.13. The Balaban J connectivity index is 0.00000320. The summed E-state index contributed by atoms with van der Waals surface area (Å²) in [6.07, 6.45) is 3.81. The predicted molar refractivity (Wildman–Crippen MR) is 110 cm³/mol. The first-order valence-electron chi connectivity index (χ1n) is 9.38. The van der Waals surface area contributed by atoms with Gasteiger partial charge >= 0.3 is 0 Å². The Bertz CT molecular complexity index is 1050. The Morgan fingerprint density at radius 3 is 2.20 bits per heavy atom. The number of rotatable bonds is 6. The zero-order chi connectivity index (χ0) is 21.3. The third-order valence-electron chi connectivity index (χ3n) is 4.97. The van der Waals surface area contributed by atoms with Crippen LogP contribution in [0.1, 0.15) is 20.8 Å². The highest BCUT2D eigenvalue weighted by Gasteiger charge is 2.25. The zero-order valence-electron chi connectivity index (χ0n) is 18.4. The summed E-state index contributed by atoms with van der Waals surface area (Å²) in [6.45, 7) is 6.10. The second-order valence-electron chi connectivity index (χ2n) is 7.97. The summed E-state index contributed by atoms with van der Waals surface area (Å²) in [5, 5.41) is 0. The number of benzene rings is 1. The predicted octanol–water partition coefficient (Wildman–Crippen LogP) is 0.173. The Morgan fingerprint density at radius 1 is 1.10 bits per heavy atom. The van der Waals surface area contributed by atoms with Gasteiger partial charge in [-0.3, -0.25) is 4.79 Å². The lowest BCUT2D eigenvalue weighted by atomic mass is 9.91. The van der Waals surface area contributed by atoms with Crippen molar-refractivity contribution in [1.82, 2.24) is 9.55 Å². The van der Waals surface area contributed by atoms with Crippen LogP contribution in [0.3, 0.4) is 0 Å². The number of ether oxygens (including phenoxy) is 3. The van der Waals surface area contributed by atoms with Gasteiger partial charge in [0.05, 0.1) is 26.8 Å². The number of Topliss-reactive ketones (excluding diaryl/α,β-unsaturated/α-hetero) is 1. The standard InChI is InChI=1S/C22H28N3O4.BrH/c1-22(2,3)19(26)13-25-9-8-16-15(12-25)23-21(24(16)4)14-10-17(27-5)20(29-7)18(11-14)28-6;/h8-12H,13H2,1-7H3;1H/q+1;/p-1. The maximum absolute atomic E-state index is 12.4. The molecule has 8 heteroatoms. The summed E-state index contributed by atoms with van der Waals surface area (Å²) in [5.74, 6) is 2.61. The van der Waals surface area contributed by atoms with Gasteiger partial charge in [-0.1, -0.05) is 20.8 Å². The van der Waals surface area contributed by atoms with Crippen molar-refractivity contribution in [2.75, 3.05) is 21.3 Å². The minimum absolute atomic E-state index is 0. The van der Waals surface area contributed by atoms with Crippen molar-refractivity contribution in [1.29, 1.82) is 0 Å². The van der Waals surface area contributed by atoms with Gasteiger partial charge in [0.2, 0.25) is 18.1 Å². The number of ketones is 1. The number of fused-ring (bicyclic) bond motifs is 1. The molecule has 0 saturated carbocycles. The zero-order valence-corrected chi connectivity index (χ0v) is 20.0. The van der Waals surface area contributed by atoms with Crippen LogP contribution in [0.25, 0.3) is 22.4 Å². The monoisotopic (exact) mass is 477 g/mol. The van der Waals surface area contributed by atoms with Crippen molar-refractivity contribution < 1.29 is 40.6 Å². The van der Waals surface area contributed by atoms with Crippen molar-refractivity contribution >= 4 is 16.8 Å². The molecule has 7 nitrogen and oxygen atoms in total. The normalized spacial score (nSPS) is 11.2. The number of pyridine rings is 1. The fourth-order valence-electron chi connectivity index (χ4n) is 3.16. The van der Waals surface area contributed by atoms with Gasteiger partial charge in [-0.2, -0.15) is 4.57 Å². The first-order chi connectivity index (χ1) is 13.7. The van der Waals surface area contributed by atoms with E-state index in [-0.39, 0.29) is 28.2 Å². The molecule has 1 aromatic carbocycles. The maximum Gasteiger partial charge on any atom is 0.207 e. The molecule has 0 aliphatic carbocycles. The van der Waals surface area contributed by atoms with E-state index in [2.05, 4.69) is 0 Å². The lowest BCUT2D eigenvalue weighted by molar-refractivity contribution is -0.683. The van der Waals surface area contributed by atoms with Gasteiger partial charge in [-0.25, -0.2) is 4.98 Å². The van der Waals surface area contributed by atoms with Crippen LogP contribution in [0.15, 0.2) is 30.6 Å². The third-order valence-corrected chi connectivity index (χ3v) is 4.97. The smallest absolute Gasteiger partial charge is 0.207 e. The molecular formula is C22H28BrN3O4. The second-order valence-corrected chi connectivity index (χ2v) is 7.97. The van der Waals surface area contributed by atoms with Crippen molar-refractivity contribution in [2.45, 2.75) is 27.3 Å². The van der Waals surface area contributed by atoms with E-state index in [1.54, 1.807) is 21.3 Å². The molecule has 0 unspecified atom stereocenters. The van der Waals surface area contributed by atoms with Crippen LogP contribution in [0.2, 0.25) is 0 Å². The van der Waals surface area contributed by atoms with E-state index in [1.807, 2.05) is 67.5 Å². The van der Waals surface area contributed by atoms with Gasteiger partial charge in [0, 0.05) is 24.1 Å². The van der Waals surface area contributed by atoms with Crippen molar-refractivity contribution in [3.05, 3.63) is 30.6 Å². The maximum atomic E-state index is 12.4. The van der Waals surface area contributed by atoms with Gasteiger partial charge in [0.25, 0.3) is 0 Å². The van der Waals surface area contributed by atoms with E-state index in [0.29, 0.717) is 23.8 Å². The van der Waals surface area contributed by atoms with Crippen LogP contribution in [0.5, 0.6) is 17.2 Å². The van der Waals surface area contributed by atoms with E-state index < -0.39 is 0 Å². The molecule has 0 fully saturated rings. The molecule has 162 valence electrons. The lowest BCUT2D eigenvalue weighted by Gasteiger charge is -2.14. The summed E-state index contributed by atoms with van der Waals surface area (Å²) < 4.78 is 20.2. The summed E-state index contributed by atoms with van der Waals surface area (Å²) in [5.41, 5.74) is 2.23. The van der Waals surface area contributed by atoms with E-state index in [1.165, 1.54) is 0 Å². The molecule has 0 aliphatic rings. The van der Waals surface area contributed by atoms with Gasteiger partial charge in [0.1, 0.15) is 5.82 Å². The lowest BCUT2D eigenvalue weighted by Crippen LogP contribution is -3.00. The molecule has 30 heavy (non-hydrogen) atoms. The average Bonchev–Trinajstić information content (AvgIpc) is 3.01. The third kappa shape index (κ3) is 4.43. The highest BCUT2D eigenvalue weighted by atomic mass is 79.9. The molecule has 0 spiro atoms. The highest BCUT2D eigenvalue weighted by Crippen LogP contribution is 2.41. The molecule has 2 heterocycles. The van der Waals surface area contributed by atoms with Crippen LogP contribution in [-0.2, 0) is 18.4 Å². The van der Waals surface area contributed by atoms with Gasteiger partial charge in [0.15, 0.2) is 29.4 Å². The largest absolute Gasteiger partial charge is 1.00 e. The minimum Gasteiger partial charge on any atom is -1.00 e. The first-order valence-corrected chi connectivity index (χ1v) is 9.38. The van der Waals surface area contributed by atoms with Crippen LogP contribution in [-0.4, -0.2) is 36.7 Å². The number of imidazole rings is 1. The second kappa shape index (κ2) is 9.04. The molecule has 0 aliphatic heterocycles. The number of nitrogens with zero attached hydrogens (tertiary/aromatic N) is 3. The molecular weight excluding hydrogens is 450 g/mol. The fourth-order valence-corrected chi connectivity index (χ4v) is 3.16. The van der Waals surface area contributed by atoms with Gasteiger partial charge in [-0.15, -0.1) is 0 Å². The molecule has 0 saturated heterocycles. The van der Waals surface area contributed by atoms with E-state index in [0.717, 1.165) is 22.4 Å². The number of carbonyl (C=O) groups is 1. The molecule has 0 amide bonds. The topological polar surface area (TPSA) is 66.5 Å². The summed E-state index contributed by atoms with van der Waals surface area (Å²) in [4.78, 5) is 17.2. The highest BCUT2D eigenvalue weighted by molar-refractivity contribution is 5.83. The Labute approximate surface area is 187 Å². The molecule has 0 atom stereocenters. The number of halogens is 1. The summed E-state index contributed by atoms with van der Waals surface area (Å²) in [7, 11) is 6.71. The van der Waals surface area contributed by atoms with Gasteiger partial charge < -0.3 is 35.8 Å². The number of hydrogen-bond acceptors (Lipinski definition) is 5. The number of carbonyl (C=O) groups excluding carboxylic acids is 1. The van der Waals surface area contributed by atoms with E-state index in [9.17, 15) is 4.79 Å². The van der Waals surface area contributed by atoms with Crippen LogP contribution in [0.4, 0.5) is 0 Å². The molecule has 3 aromatic rings. The molecule has 2 aromatic heterocycles. The van der Waals surface area contributed by atoms with Gasteiger partial charge in [-0.05, 0) is 12.1 Å². The van der Waals surface area contributed by atoms with E-state index in [4.69, 9.17) is 19.2 Å². The quantitative estimate of drug-likeness (QED) is 0.473. The van der Waals surface area contributed by atoms with Crippen molar-refractivity contribution in [3.63, 3.8) is 0 Å². The fraction of sp³-hybridized carbons (Fsp3) is 0.409. The summed E-state index contributed by atoms with van der Waals surface area (Å²) in [6, 6.07) is 5.72. The van der Waals surface area contributed by atoms with E-state index >= 15 is 0 Å². The Morgan fingerprint density at radius 2 is 1.70 bits per heavy atom. The molecule has 3 rings (SSSR count). The SMILES string of the molecule is COc1cc(-c2nc3c[n+](CC(=O)C(C)(C)C)ccc3n2C)cc(OC)c1OC.[Br-]. The van der Waals surface area contributed by atoms with Crippen molar-refractivity contribution in [3.8, 4) is 28.6 Å². The van der Waals surface area contributed by atoms with Crippen LogP contribution in [0, 0.1) is 5.41 Å². The molecule has 0 N–H and O–H groups in total. The Hall–Kier alpha value is -2.61. The van der Waals surface area contributed by atoms with Crippen LogP contribution >= 0.6 is 0 Å². The minimum atomic E-state index is -0.382. The van der Waals surface area contributed by atoms with Crippen molar-refractivity contribution in [2.24, 2.45) is 12.5 Å². The van der Waals surface area contributed by atoms with Crippen LogP contribution < -0.4 is 35.8 Å².